The minimum Gasteiger partial charge on any atom is -0.362 e. The normalized spacial score (nSPS) is 8.83. The van der Waals surface area contributed by atoms with Crippen LogP contribution in [0.25, 0.3) is 0 Å². The second kappa shape index (κ2) is 9.94. The van der Waals surface area contributed by atoms with Crippen LogP contribution < -0.4 is 16.0 Å². The van der Waals surface area contributed by atoms with Crippen molar-refractivity contribution in [2.24, 2.45) is 5.73 Å². The Kier molecular flexibility index (Phi) is 10.7. The van der Waals surface area contributed by atoms with Crippen LogP contribution in [-0.4, -0.2) is 31.5 Å². The number of nitrogens with two attached hydrogens (primary N) is 1. The molecule has 0 aromatic carbocycles. The lowest BCUT2D eigenvalue weighted by atomic mass is 10.2. The number of anilines is 1. The molecular formula is C11H20Cl2N4O. The van der Waals surface area contributed by atoms with E-state index in [1.54, 1.807) is 6.20 Å². The molecule has 0 saturated carbocycles. The van der Waals surface area contributed by atoms with Crippen LogP contribution in [0.4, 0.5) is 5.82 Å². The highest BCUT2D eigenvalue weighted by Gasteiger charge is 2.06. The van der Waals surface area contributed by atoms with E-state index in [0.29, 0.717) is 19.5 Å². The van der Waals surface area contributed by atoms with Crippen molar-refractivity contribution in [1.82, 2.24) is 10.3 Å². The Morgan fingerprint density at radius 1 is 1.44 bits per heavy atom. The molecule has 0 spiro atoms. The topological polar surface area (TPSA) is 71.2 Å². The second-order valence-corrected chi connectivity index (χ2v) is 3.70. The van der Waals surface area contributed by atoms with Crippen molar-refractivity contribution in [3.8, 4) is 0 Å². The summed E-state index contributed by atoms with van der Waals surface area (Å²) in [7, 11) is 3.85. The molecule has 5 nitrogen and oxygen atoms in total. The van der Waals surface area contributed by atoms with E-state index in [2.05, 4.69) is 10.3 Å². The van der Waals surface area contributed by atoms with Crippen LogP contribution in [0.2, 0.25) is 0 Å². The van der Waals surface area contributed by atoms with E-state index in [0.717, 1.165) is 11.4 Å². The Labute approximate surface area is 120 Å². The Morgan fingerprint density at radius 2 is 2.11 bits per heavy atom. The predicted octanol–water partition coefficient (Wildman–Crippen LogP) is 0.956. The van der Waals surface area contributed by atoms with Gasteiger partial charge < -0.3 is 16.0 Å². The summed E-state index contributed by atoms with van der Waals surface area (Å²) in [5.74, 6) is 0.839. The standard InChI is InChI=1S/C11H18N4O.2ClH/c1-15(2)11-9(4-3-7-13-11)8-14-10(16)5-6-12;;/h3-4,7H,5-6,8,12H2,1-2H3,(H,14,16);2*1H. The van der Waals surface area contributed by atoms with Gasteiger partial charge in [0.15, 0.2) is 0 Å². The van der Waals surface area contributed by atoms with Gasteiger partial charge in [0, 0.05) is 45.4 Å². The molecule has 3 N–H and O–H groups in total. The van der Waals surface area contributed by atoms with Gasteiger partial charge in [-0.15, -0.1) is 24.8 Å². The highest BCUT2D eigenvalue weighted by Crippen LogP contribution is 2.13. The number of hydrogen-bond acceptors (Lipinski definition) is 4. The summed E-state index contributed by atoms with van der Waals surface area (Å²) in [6.07, 6.45) is 2.10. The average molecular weight is 295 g/mol. The highest BCUT2D eigenvalue weighted by molar-refractivity contribution is 5.85. The number of halogens is 2. The van der Waals surface area contributed by atoms with E-state index in [1.165, 1.54) is 0 Å². The maximum absolute atomic E-state index is 11.3. The van der Waals surface area contributed by atoms with Gasteiger partial charge in [-0.2, -0.15) is 0 Å². The van der Waals surface area contributed by atoms with Gasteiger partial charge in [0.2, 0.25) is 5.91 Å². The summed E-state index contributed by atoms with van der Waals surface area (Å²) in [6.45, 7) is 0.861. The van der Waals surface area contributed by atoms with E-state index in [9.17, 15) is 4.79 Å². The first-order chi connectivity index (χ1) is 7.65. The molecule has 0 aliphatic rings. The number of nitrogens with zero attached hydrogens (tertiary/aromatic N) is 2. The first-order valence-electron chi connectivity index (χ1n) is 5.23. The van der Waals surface area contributed by atoms with Crippen molar-refractivity contribution < 1.29 is 4.79 Å². The van der Waals surface area contributed by atoms with E-state index in [4.69, 9.17) is 5.73 Å². The summed E-state index contributed by atoms with van der Waals surface area (Å²) < 4.78 is 0. The molecule has 0 fully saturated rings. The molecule has 0 bridgehead atoms. The van der Waals surface area contributed by atoms with Crippen LogP contribution in [0.15, 0.2) is 18.3 Å². The molecule has 1 amide bonds. The molecule has 18 heavy (non-hydrogen) atoms. The molecule has 0 atom stereocenters. The maximum Gasteiger partial charge on any atom is 0.221 e. The second-order valence-electron chi connectivity index (χ2n) is 3.70. The van der Waals surface area contributed by atoms with Crippen LogP contribution in [0, 0.1) is 0 Å². The largest absolute Gasteiger partial charge is 0.362 e. The van der Waals surface area contributed by atoms with E-state index >= 15 is 0 Å². The number of pyridine rings is 1. The minimum absolute atomic E-state index is 0. The Balaban J connectivity index is 0. The summed E-state index contributed by atoms with van der Waals surface area (Å²) >= 11 is 0. The van der Waals surface area contributed by atoms with Crippen LogP contribution in [0.1, 0.15) is 12.0 Å². The van der Waals surface area contributed by atoms with Gasteiger partial charge in [-0.1, -0.05) is 6.07 Å². The van der Waals surface area contributed by atoms with Gasteiger partial charge in [0.1, 0.15) is 5.82 Å². The zero-order valence-electron chi connectivity index (χ0n) is 10.5. The van der Waals surface area contributed by atoms with E-state index in [1.807, 2.05) is 31.1 Å². The molecule has 0 unspecified atom stereocenters. The molecular weight excluding hydrogens is 275 g/mol. The van der Waals surface area contributed by atoms with Crippen molar-refractivity contribution in [3.05, 3.63) is 23.9 Å². The van der Waals surface area contributed by atoms with Crippen LogP contribution in [0.5, 0.6) is 0 Å². The zero-order valence-corrected chi connectivity index (χ0v) is 12.2. The lowest BCUT2D eigenvalue weighted by Gasteiger charge is -2.15. The average Bonchev–Trinajstić information content (AvgIpc) is 2.27. The van der Waals surface area contributed by atoms with Crippen molar-refractivity contribution in [1.29, 1.82) is 0 Å². The Bertz CT molecular complexity index is 361. The van der Waals surface area contributed by atoms with Crippen molar-refractivity contribution in [2.45, 2.75) is 13.0 Å². The third-order valence-corrected chi connectivity index (χ3v) is 2.14. The van der Waals surface area contributed by atoms with Gasteiger partial charge in [-0.25, -0.2) is 4.98 Å². The quantitative estimate of drug-likeness (QED) is 0.848. The molecule has 7 heteroatoms. The van der Waals surface area contributed by atoms with Crippen molar-refractivity contribution in [3.63, 3.8) is 0 Å². The molecule has 1 rings (SSSR count). The smallest absolute Gasteiger partial charge is 0.221 e. The fraction of sp³-hybridized carbons (Fsp3) is 0.455. The van der Waals surface area contributed by atoms with Gasteiger partial charge in [-0.3, -0.25) is 4.79 Å². The molecule has 0 aliphatic carbocycles. The Morgan fingerprint density at radius 3 is 2.67 bits per heavy atom. The zero-order chi connectivity index (χ0) is 12.0. The van der Waals surface area contributed by atoms with Gasteiger partial charge in [-0.05, 0) is 6.07 Å². The number of carbonyl (C=O) groups excluding carboxylic acids is 1. The number of hydrogen-bond donors (Lipinski definition) is 2. The lowest BCUT2D eigenvalue weighted by molar-refractivity contribution is -0.121. The molecule has 0 saturated heterocycles. The monoisotopic (exact) mass is 294 g/mol. The number of carbonyl (C=O) groups is 1. The first kappa shape index (κ1) is 19.3. The Hall–Kier alpha value is -1.04. The molecule has 0 radical (unpaired) electrons. The van der Waals surface area contributed by atoms with Crippen molar-refractivity contribution in [2.75, 3.05) is 25.5 Å². The van der Waals surface area contributed by atoms with Crippen molar-refractivity contribution >= 4 is 36.5 Å². The summed E-state index contributed by atoms with van der Waals surface area (Å²) in [6, 6.07) is 3.81. The van der Waals surface area contributed by atoms with Crippen LogP contribution >= 0.6 is 24.8 Å². The van der Waals surface area contributed by atoms with E-state index in [-0.39, 0.29) is 30.7 Å². The molecule has 104 valence electrons. The van der Waals surface area contributed by atoms with Gasteiger partial charge >= 0.3 is 0 Å². The molecule has 1 aromatic heterocycles. The lowest BCUT2D eigenvalue weighted by Crippen LogP contribution is -2.26. The number of aromatic nitrogens is 1. The highest BCUT2D eigenvalue weighted by atomic mass is 35.5. The summed E-state index contributed by atoms with van der Waals surface area (Å²) in [5, 5.41) is 2.81. The molecule has 1 aromatic rings. The van der Waals surface area contributed by atoms with E-state index < -0.39 is 0 Å². The number of rotatable bonds is 5. The van der Waals surface area contributed by atoms with Crippen LogP contribution in [0.3, 0.4) is 0 Å². The summed E-state index contributed by atoms with van der Waals surface area (Å²) in [5.41, 5.74) is 6.29. The fourth-order valence-corrected chi connectivity index (χ4v) is 1.38. The van der Waals surface area contributed by atoms with Gasteiger partial charge in [0.05, 0.1) is 0 Å². The SMILES string of the molecule is CN(C)c1ncccc1CNC(=O)CCN.Cl.Cl. The minimum atomic E-state index is -0.0314. The fourth-order valence-electron chi connectivity index (χ4n) is 1.38. The summed E-state index contributed by atoms with van der Waals surface area (Å²) in [4.78, 5) is 17.4. The first-order valence-corrected chi connectivity index (χ1v) is 5.23. The number of amides is 1. The molecule has 0 aliphatic heterocycles. The maximum atomic E-state index is 11.3. The predicted molar refractivity (Wildman–Crippen MR) is 78.6 cm³/mol. The third kappa shape index (κ3) is 6.05. The van der Waals surface area contributed by atoms with Crippen LogP contribution in [-0.2, 0) is 11.3 Å². The van der Waals surface area contributed by atoms with Gasteiger partial charge in [0.25, 0.3) is 0 Å². The molecule has 1 heterocycles. The third-order valence-electron chi connectivity index (χ3n) is 2.14. The number of nitrogens with one attached hydrogen (secondary N) is 1.